The summed E-state index contributed by atoms with van der Waals surface area (Å²) >= 11 is 0. The van der Waals surface area contributed by atoms with Gasteiger partial charge >= 0.3 is 0 Å². The molecule has 2 aromatic rings. The zero-order valence-corrected chi connectivity index (χ0v) is 14.5. The van der Waals surface area contributed by atoms with Crippen molar-refractivity contribution in [3.05, 3.63) is 36.0 Å². The van der Waals surface area contributed by atoms with Gasteiger partial charge in [0, 0.05) is 42.3 Å². The van der Waals surface area contributed by atoms with Crippen molar-refractivity contribution in [3.63, 3.8) is 0 Å². The lowest BCUT2D eigenvalue weighted by Gasteiger charge is -2.44. The average molecular weight is 325 g/mol. The van der Waals surface area contributed by atoms with Crippen LogP contribution in [0.3, 0.4) is 0 Å². The number of rotatable bonds is 3. The maximum absolute atomic E-state index is 12.7. The van der Waals surface area contributed by atoms with Crippen molar-refractivity contribution < 1.29 is 4.79 Å². The standard InChI is InChI=1S/C20H27N3O/c1-22-13-10-16-17(7-4-9-19(16)22)20(24)21-14-15-6-5-12-23-11-3-2-8-18(15)23/h4,7,9-10,13,15,18H,2-3,5-6,8,11-12,14H2,1H3,(H,21,24)/t15-,18+/m1/s1. The van der Waals surface area contributed by atoms with E-state index in [1.165, 1.54) is 45.2 Å². The van der Waals surface area contributed by atoms with Gasteiger partial charge in [-0.05, 0) is 62.9 Å². The normalized spacial score (nSPS) is 24.7. The van der Waals surface area contributed by atoms with Crippen molar-refractivity contribution in [2.24, 2.45) is 13.0 Å². The molecular formula is C20H27N3O. The van der Waals surface area contributed by atoms with Gasteiger partial charge in [0.15, 0.2) is 0 Å². The SMILES string of the molecule is Cn1ccc2c(C(=O)NC[C@H]3CCCN4CCCC[C@@H]34)cccc21. The molecule has 1 aromatic heterocycles. The molecule has 2 fully saturated rings. The number of hydrogen-bond acceptors (Lipinski definition) is 2. The summed E-state index contributed by atoms with van der Waals surface area (Å²) in [4.78, 5) is 15.4. The third-order valence-corrected chi connectivity index (χ3v) is 5.93. The molecule has 2 saturated heterocycles. The number of hydrogen-bond donors (Lipinski definition) is 1. The summed E-state index contributed by atoms with van der Waals surface area (Å²) in [6.45, 7) is 3.31. The summed E-state index contributed by atoms with van der Waals surface area (Å²) in [5.74, 6) is 0.678. The molecule has 1 amide bonds. The van der Waals surface area contributed by atoms with Gasteiger partial charge in [0.25, 0.3) is 5.91 Å². The van der Waals surface area contributed by atoms with E-state index in [0.717, 1.165) is 23.0 Å². The molecule has 0 aliphatic carbocycles. The van der Waals surface area contributed by atoms with Gasteiger partial charge in [-0.3, -0.25) is 4.79 Å². The first-order chi connectivity index (χ1) is 11.7. The smallest absolute Gasteiger partial charge is 0.251 e. The minimum absolute atomic E-state index is 0.0692. The molecule has 1 N–H and O–H groups in total. The van der Waals surface area contributed by atoms with E-state index >= 15 is 0 Å². The zero-order chi connectivity index (χ0) is 16.5. The van der Waals surface area contributed by atoms with Gasteiger partial charge in [-0.15, -0.1) is 0 Å². The molecule has 0 spiro atoms. The summed E-state index contributed by atoms with van der Waals surface area (Å²) in [6, 6.07) is 8.69. The van der Waals surface area contributed by atoms with Gasteiger partial charge in [0.05, 0.1) is 0 Å². The fourth-order valence-corrected chi connectivity index (χ4v) is 4.63. The van der Waals surface area contributed by atoms with Crippen LogP contribution in [0.2, 0.25) is 0 Å². The highest BCUT2D eigenvalue weighted by atomic mass is 16.1. The van der Waals surface area contributed by atoms with Crippen LogP contribution in [-0.2, 0) is 7.05 Å². The topological polar surface area (TPSA) is 37.3 Å². The number of nitrogens with zero attached hydrogens (tertiary/aromatic N) is 2. The molecule has 0 saturated carbocycles. The summed E-state index contributed by atoms with van der Waals surface area (Å²) < 4.78 is 2.06. The minimum atomic E-state index is 0.0692. The summed E-state index contributed by atoms with van der Waals surface area (Å²) in [7, 11) is 2.02. The summed E-state index contributed by atoms with van der Waals surface area (Å²) in [5, 5.41) is 4.27. The van der Waals surface area contributed by atoms with Crippen LogP contribution >= 0.6 is 0 Å². The molecular weight excluding hydrogens is 298 g/mol. The Bertz CT molecular complexity index is 734. The summed E-state index contributed by atoms with van der Waals surface area (Å²) in [5.41, 5.74) is 1.91. The Kier molecular flexibility index (Phi) is 4.31. The number of nitrogens with one attached hydrogen (secondary N) is 1. The van der Waals surface area contributed by atoms with E-state index in [9.17, 15) is 4.79 Å². The molecule has 1 aromatic carbocycles. The maximum Gasteiger partial charge on any atom is 0.251 e. The Morgan fingerprint density at radius 2 is 2.04 bits per heavy atom. The van der Waals surface area contributed by atoms with Crippen LogP contribution < -0.4 is 5.32 Å². The number of carbonyl (C=O) groups is 1. The van der Waals surface area contributed by atoms with E-state index in [2.05, 4.69) is 20.9 Å². The number of benzene rings is 1. The van der Waals surface area contributed by atoms with E-state index in [-0.39, 0.29) is 5.91 Å². The van der Waals surface area contributed by atoms with Crippen molar-refractivity contribution in [1.82, 2.24) is 14.8 Å². The first kappa shape index (κ1) is 15.7. The number of piperidine rings is 2. The van der Waals surface area contributed by atoms with E-state index in [1.54, 1.807) is 0 Å². The minimum Gasteiger partial charge on any atom is -0.352 e. The second kappa shape index (κ2) is 6.60. The Labute approximate surface area is 143 Å². The monoisotopic (exact) mass is 325 g/mol. The number of aromatic nitrogens is 1. The first-order valence-corrected chi connectivity index (χ1v) is 9.30. The molecule has 2 atom stereocenters. The molecule has 128 valence electrons. The van der Waals surface area contributed by atoms with Gasteiger partial charge in [-0.1, -0.05) is 12.5 Å². The number of amides is 1. The lowest BCUT2D eigenvalue weighted by atomic mass is 9.83. The Balaban J connectivity index is 1.46. The largest absolute Gasteiger partial charge is 0.352 e. The highest BCUT2D eigenvalue weighted by Crippen LogP contribution is 2.30. The van der Waals surface area contributed by atoms with Crippen molar-refractivity contribution >= 4 is 16.8 Å². The second-order valence-corrected chi connectivity index (χ2v) is 7.38. The molecule has 0 unspecified atom stereocenters. The molecule has 4 nitrogen and oxygen atoms in total. The predicted molar refractivity (Wildman–Crippen MR) is 97.2 cm³/mol. The van der Waals surface area contributed by atoms with Gasteiger partial charge in [-0.2, -0.15) is 0 Å². The first-order valence-electron chi connectivity index (χ1n) is 9.30. The highest BCUT2D eigenvalue weighted by molar-refractivity contribution is 6.06. The summed E-state index contributed by atoms with van der Waals surface area (Å²) in [6.07, 6.45) is 8.51. The number of carbonyl (C=O) groups excluding carboxylic acids is 1. The van der Waals surface area contributed by atoms with Gasteiger partial charge in [0.2, 0.25) is 0 Å². The van der Waals surface area contributed by atoms with E-state index in [1.807, 2.05) is 31.4 Å². The molecule has 3 heterocycles. The van der Waals surface area contributed by atoms with Crippen LogP contribution in [-0.4, -0.2) is 41.1 Å². The number of aryl methyl sites for hydroxylation is 1. The van der Waals surface area contributed by atoms with Crippen molar-refractivity contribution in [1.29, 1.82) is 0 Å². The Hall–Kier alpha value is -1.81. The highest BCUT2D eigenvalue weighted by Gasteiger charge is 2.33. The van der Waals surface area contributed by atoms with Gasteiger partial charge in [-0.25, -0.2) is 0 Å². The molecule has 2 aliphatic rings. The molecule has 2 aliphatic heterocycles. The third-order valence-electron chi connectivity index (χ3n) is 5.93. The predicted octanol–water partition coefficient (Wildman–Crippen LogP) is 3.17. The van der Waals surface area contributed by atoms with Crippen LogP contribution in [0.25, 0.3) is 10.9 Å². The Morgan fingerprint density at radius 1 is 1.17 bits per heavy atom. The van der Waals surface area contributed by atoms with E-state index < -0.39 is 0 Å². The third kappa shape index (κ3) is 2.84. The zero-order valence-electron chi connectivity index (χ0n) is 14.5. The lowest BCUT2D eigenvalue weighted by Crippen LogP contribution is -2.51. The fraction of sp³-hybridized carbons (Fsp3) is 0.550. The van der Waals surface area contributed by atoms with Crippen molar-refractivity contribution in [2.75, 3.05) is 19.6 Å². The average Bonchev–Trinajstić information content (AvgIpc) is 3.01. The van der Waals surface area contributed by atoms with Crippen LogP contribution in [0.5, 0.6) is 0 Å². The molecule has 4 heteroatoms. The molecule has 0 radical (unpaired) electrons. The molecule has 0 bridgehead atoms. The number of fused-ring (bicyclic) bond motifs is 2. The van der Waals surface area contributed by atoms with Crippen LogP contribution in [0, 0.1) is 5.92 Å². The Morgan fingerprint density at radius 3 is 2.96 bits per heavy atom. The van der Waals surface area contributed by atoms with Crippen molar-refractivity contribution in [3.8, 4) is 0 Å². The van der Waals surface area contributed by atoms with Gasteiger partial charge in [0.1, 0.15) is 0 Å². The van der Waals surface area contributed by atoms with Crippen LogP contribution in [0.15, 0.2) is 30.5 Å². The quantitative estimate of drug-likeness (QED) is 0.941. The molecule has 4 rings (SSSR count). The van der Waals surface area contributed by atoms with Gasteiger partial charge < -0.3 is 14.8 Å². The van der Waals surface area contributed by atoms with Crippen LogP contribution in [0.4, 0.5) is 0 Å². The van der Waals surface area contributed by atoms with E-state index in [4.69, 9.17) is 0 Å². The lowest BCUT2D eigenvalue weighted by molar-refractivity contribution is 0.0576. The second-order valence-electron chi connectivity index (χ2n) is 7.38. The fourth-order valence-electron chi connectivity index (χ4n) is 4.63. The van der Waals surface area contributed by atoms with Crippen molar-refractivity contribution in [2.45, 2.75) is 38.1 Å². The van der Waals surface area contributed by atoms with Crippen LogP contribution in [0.1, 0.15) is 42.5 Å². The van der Waals surface area contributed by atoms with E-state index in [0.29, 0.717) is 12.0 Å². The maximum atomic E-state index is 12.7. The molecule has 24 heavy (non-hydrogen) atoms.